The van der Waals surface area contributed by atoms with E-state index in [-0.39, 0.29) is 0 Å². The number of hydrogen-bond donors (Lipinski definition) is 1. The maximum absolute atomic E-state index is 5.46. The van der Waals surface area contributed by atoms with Gasteiger partial charge in [-0.05, 0) is 26.9 Å². The summed E-state index contributed by atoms with van der Waals surface area (Å²) in [5.41, 5.74) is 5.46. The lowest BCUT2D eigenvalue weighted by molar-refractivity contribution is 0.263. The van der Waals surface area contributed by atoms with Gasteiger partial charge in [0.15, 0.2) is 0 Å². The summed E-state index contributed by atoms with van der Waals surface area (Å²) in [5.74, 6) is 0. The first-order valence-corrected chi connectivity index (χ1v) is 3.62. The topological polar surface area (TPSA) is 29.3 Å². The molecule has 0 heterocycles. The first-order valence-electron chi connectivity index (χ1n) is 3.62. The quantitative estimate of drug-likeness (QED) is 0.606. The van der Waals surface area contributed by atoms with Gasteiger partial charge in [0.2, 0.25) is 0 Å². The molecule has 2 nitrogen and oxygen atoms in total. The maximum Gasteiger partial charge on any atom is 0.0187 e. The summed E-state index contributed by atoms with van der Waals surface area (Å²) in [6.45, 7) is 6.24. The van der Waals surface area contributed by atoms with Crippen LogP contribution < -0.4 is 5.73 Å². The Morgan fingerprint density at radius 1 is 1.56 bits per heavy atom. The maximum atomic E-state index is 5.46. The van der Waals surface area contributed by atoms with E-state index in [1.54, 1.807) is 0 Å². The Morgan fingerprint density at radius 2 is 2.11 bits per heavy atom. The zero-order valence-corrected chi connectivity index (χ0v) is 6.72. The minimum atomic E-state index is 0.532. The SMILES string of the molecule is CCCN(C)C(C)CN. The highest BCUT2D eigenvalue weighted by atomic mass is 15.1. The van der Waals surface area contributed by atoms with Gasteiger partial charge in [-0.25, -0.2) is 0 Å². The first-order chi connectivity index (χ1) is 4.22. The van der Waals surface area contributed by atoms with E-state index < -0.39 is 0 Å². The van der Waals surface area contributed by atoms with Crippen molar-refractivity contribution in [2.75, 3.05) is 20.1 Å². The zero-order chi connectivity index (χ0) is 7.28. The normalized spacial score (nSPS) is 14.3. The van der Waals surface area contributed by atoms with Gasteiger partial charge < -0.3 is 10.6 Å². The molecule has 0 radical (unpaired) electrons. The number of rotatable bonds is 4. The van der Waals surface area contributed by atoms with Crippen LogP contribution in [0.4, 0.5) is 0 Å². The van der Waals surface area contributed by atoms with Crippen molar-refractivity contribution >= 4 is 0 Å². The zero-order valence-electron chi connectivity index (χ0n) is 6.72. The van der Waals surface area contributed by atoms with Gasteiger partial charge >= 0.3 is 0 Å². The molecule has 2 N–H and O–H groups in total. The lowest BCUT2D eigenvalue weighted by Gasteiger charge is -2.21. The molecule has 56 valence electrons. The molecule has 0 spiro atoms. The van der Waals surface area contributed by atoms with Crippen molar-refractivity contribution in [1.29, 1.82) is 0 Å². The average Bonchev–Trinajstić information content (AvgIpc) is 1.87. The van der Waals surface area contributed by atoms with E-state index in [0.717, 1.165) is 13.1 Å². The molecule has 0 aliphatic heterocycles. The molecule has 0 bridgehead atoms. The van der Waals surface area contributed by atoms with Gasteiger partial charge in [-0.2, -0.15) is 0 Å². The predicted octanol–water partition coefficient (Wildman–Crippen LogP) is 0.675. The monoisotopic (exact) mass is 130 g/mol. The summed E-state index contributed by atoms with van der Waals surface area (Å²) in [7, 11) is 2.11. The van der Waals surface area contributed by atoms with Crippen LogP contribution in [0.3, 0.4) is 0 Å². The Labute approximate surface area is 58.0 Å². The fourth-order valence-electron chi connectivity index (χ4n) is 0.753. The predicted molar refractivity (Wildman–Crippen MR) is 41.4 cm³/mol. The molecule has 2 heteroatoms. The van der Waals surface area contributed by atoms with Crippen molar-refractivity contribution in [1.82, 2.24) is 4.90 Å². The van der Waals surface area contributed by atoms with Crippen LogP contribution in [0.25, 0.3) is 0 Å². The lowest BCUT2D eigenvalue weighted by Crippen LogP contribution is -2.35. The average molecular weight is 130 g/mol. The summed E-state index contributed by atoms with van der Waals surface area (Å²) in [5, 5.41) is 0. The molecule has 1 unspecified atom stereocenters. The standard InChI is InChI=1S/C7H18N2/c1-4-5-9(3)7(2)6-8/h7H,4-6,8H2,1-3H3. The van der Waals surface area contributed by atoms with E-state index in [1.165, 1.54) is 6.42 Å². The van der Waals surface area contributed by atoms with E-state index in [2.05, 4.69) is 25.8 Å². The van der Waals surface area contributed by atoms with E-state index in [4.69, 9.17) is 5.73 Å². The Bertz CT molecular complexity index is 63.9. The van der Waals surface area contributed by atoms with E-state index in [9.17, 15) is 0 Å². The highest BCUT2D eigenvalue weighted by Gasteiger charge is 2.03. The van der Waals surface area contributed by atoms with Crippen LogP contribution in [0.2, 0.25) is 0 Å². The third kappa shape index (κ3) is 3.49. The highest BCUT2D eigenvalue weighted by Crippen LogP contribution is 1.92. The van der Waals surface area contributed by atoms with Crippen LogP contribution >= 0.6 is 0 Å². The van der Waals surface area contributed by atoms with E-state index >= 15 is 0 Å². The van der Waals surface area contributed by atoms with Crippen LogP contribution in [0.5, 0.6) is 0 Å². The van der Waals surface area contributed by atoms with Crippen LogP contribution in [0.1, 0.15) is 20.3 Å². The number of nitrogens with zero attached hydrogens (tertiary/aromatic N) is 1. The molecular formula is C7H18N2. The smallest absolute Gasteiger partial charge is 0.0187 e. The van der Waals surface area contributed by atoms with Crippen molar-refractivity contribution in [2.45, 2.75) is 26.3 Å². The van der Waals surface area contributed by atoms with E-state index in [1.807, 2.05) is 0 Å². The fraction of sp³-hybridized carbons (Fsp3) is 1.00. The van der Waals surface area contributed by atoms with Gasteiger partial charge in [0.25, 0.3) is 0 Å². The molecule has 0 rings (SSSR count). The number of likely N-dealkylation sites (N-methyl/N-ethyl adjacent to an activating group) is 1. The van der Waals surface area contributed by atoms with Crippen molar-refractivity contribution in [2.24, 2.45) is 5.73 Å². The van der Waals surface area contributed by atoms with Gasteiger partial charge in [-0.3, -0.25) is 0 Å². The molecule has 1 atom stereocenters. The Balaban J connectivity index is 3.32. The van der Waals surface area contributed by atoms with Gasteiger partial charge in [0.05, 0.1) is 0 Å². The summed E-state index contributed by atoms with van der Waals surface area (Å²) < 4.78 is 0. The largest absolute Gasteiger partial charge is 0.329 e. The molecule has 0 amide bonds. The molecule has 0 aliphatic carbocycles. The molecule has 0 aromatic rings. The van der Waals surface area contributed by atoms with Crippen LogP contribution in [0.15, 0.2) is 0 Å². The second-order valence-electron chi connectivity index (χ2n) is 2.57. The highest BCUT2D eigenvalue weighted by molar-refractivity contribution is 4.61. The summed E-state index contributed by atoms with van der Waals surface area (Å²) in [6.07, 6.45) is 1.21. The minimum Gasteiger partial charge on any atom is -0.329 e. The van der Waals surface area contributed by atoms with Crippen molar-refractivity contribution in [3.63, 3.8) is 0 Å². The second kappa shape index (κ2) is 4.77. The molecule has 0 saturated heterocycles. The number of nitrogens with two attached hydrogens (primary N) is 1. The van der Waals surface area contributed by atoms with Gasteiger partial charge in [-0.15, -0.1) is 0 Å². The second-order valence-corrected chi connectivity index (χ2v) is 2.57. The Morgan fingerprint density at radius 3 is 2.44 bits per heavy atom. The lowest BCUT2D eigenvalue weighted by atomic mass is 10.3. The summed E-state index contributed by atoms with van der Waals surface area (Å²) in [4.78, 5) is 2.28. The molecule has 0 aromatic carbocycles. The Hall–Kier alpha value is -0.0800. The van der Waals surface area contributed by atoms with Gasteiger partial charge in [0.1, 0.15) is 0 Å². The van der Waals surface area contributed by atoms with Crippen LogP contribution in [0, 0.1) is 0 Å². The molecule has 0 aromatic heterocycles. The fourth-order valence-corrected chi connectivity index (χ4v) is 0.753. The van der Waals surface area contributed by atoms with Gasteiger partial charge in [-0.1, -0.05) is 6.92 Å². The summed E-state index contributed by atoms with van der Waals surface area (Å²) >= 11 is 0. The van der Waals surface area contributed by atoms with E-state index in [0.29, 0.717) is 6.04 Å². The third-order valence-corrected chi connectivity index (χ3v) is 1.67. The summed E-state index contributed by atoms with van der Waals surface area (Å²) in [6, 6.07) is 0.532. The van der Waals surface area contributed by atoms with Gasteiger partial charge in [0, 0.05) is 12.6 Å². The third-order valence-electron chi connectivity index (χ3n) is 1.67. The number of hydrogen-bond acceptors (Lipinski definition) is 2. The molecule has 0 saturated carbocycles. The molecule has 0 aliphatic rings. The minimum absolute atomic E-state index is 0.532. The van der Waals surface area contributed by atoms with Crippen LogP contribution in [-0.4, -0.2) is 31.1 Å². The Kier molecular flexibility index (Phi) is 4.72. The van der Waals surface area contributed by atoms with Crippen LogP contribution in [-0.2, 0) is 0 Å². The molecule has 0 fully saturated rings. The molecule has 9 heavy (non-hydrogen) atoms. The van der Waals surface area contributed by atoms with Crippen molar-refractivity contribution < 1.29 is 0 Å². The van der Waals surface area contributed by atoms with Crippen molar-refractivity contribution in [3.8, 4) is 0 Å². The first kappa shape index (κ1) is 8.92. The molecular weight excluding hydrogens is 112 g/mol. The van der Waals surface area contributed by atoms with Crippen molar-refractivity contribution in [3.05, 3.63) is 0 Å².